The number of amides is 4. The molecular weight excluding hydrogens is 360 g/mol. The van der Waals surface area contributed by atoms with Gasteiger partial charge in [0.2, 0.25) is 5.84 Å². The molecule has 4 amide bonds. The quantitative estimate of drug-likeness (QED) is 0.646. The molecule has 144 valence electrons. The Balaban J connectivity index is 1.70. The standard InChI is InChI=1S/C19H20N6O3/c1-12-18(27)25(15-6-4-3-5-7-15)24-16(21-12)17(26)22-13-8-10-14(11-9-13)23-19(28)20-2/h3-12H,1-2H3,(H,21,24)(H,22,26)(H2,20,23,28). The molecule has 2 aromatic rings. The highest BCUT2D eigenvalue weighted by molar-refractivity contribution is 6.43. The monoisotopic (exact) mass is 380 g/mol. The number of urea groups is 1. The molecule has 0 aromatic heterocycles. The molecule has 1 aliphatic rings. The van der Waals surface area contributed by atoms with Crippen LogP contribution in [-0.4, -0.2) is 36.8 Å². The van der Waals surface area contributed by atoms with E-state index >= 15 is 0 Å². The first-order chi connectivity index (χ1) is 13.5. The molecular formula is C19H20N6O3. The predicted molar refractivity (Wildman–Crippen MR) is 107 cm³/mol. The number of para-hydroxylation sites is 1. The highest BCUT2D eigenvalue weighted by Gasteiger charge is 2.30. The first-order valence-corrected chi connectivity index (χ1v) is 8.61. The van der Waals surface area contributed by atoms with Gasteiger partial charge >= 0.3 is 6.03 Å². The van der Waals surface area contributed by atoms with E-state index < -0.39 is 11.9 Å². The van der Waals surface area contributed by atoms with Crippen LogP contribution in [0, 0.1) is 0 Å². The fourth-order valence-corrected chi connectivity index (χ4v) is 2.52. The van der Waals surface area contributed by atoms with Crippen LogP contribution in [0.1, 0.15) is 6.92 Å². The fraction of sp³-hybridized carbons (Fsp3) is 0.158. The van der Waals surface area contributed by atoms with Gasteiger partial charge < -0.3 is 16.0 Å². The van der Waals surface area contributed by atoms with Crippen LogP contribution in [0.3, 0.4) is 0 Å². The van der Waals surface area contributed by atoms with E-state index in [0.29, 0.717) is 17.1 Å². The maximum absolute atomic E-state index is 12.6. The molecule has 4 N–H and O–H groups in total. The van der Waals surface area contributed by atoms with Crippen molar-refractivity contribution in [2.45, 2.75) is 13.0 Å². The highest BCUT2D eigenvalue weighted by atomic mass is 16.2. The fourth-order valence-electron chi connectivity index (χ4n) is 2.52. The maximum atomic E-state index is 12.6. The van der Waals surface area contributed by atoms with Crippen molar-refractivity contribution in [1.29, 1.82) is 0 Å². The van der Waals surface area contributed by atoms with Gasteiger partial charge in [0.1, 0.15) is 6.04 Å². The van der Waals surface area contributed by atoms with E-state index in [9.17, 15) is 14.4 Å². The molecule has 0 bridgehead atoms. The van der Waals surface area contributed by atoms with Crippen molar-refractivity contribution in [3.05, 3.63) is 54.6 Å². The van der Waals surface area contributed by atoms with Crippen molar-refractivity contribution < 1.29 is 14.4 Å². The number of carbonyl (C=O) groups is 3. The number of anilines is 3. The molecule has 0 saturated heterocycles. The normalized spacial score (nSPS) is 15.9. The van der Waals surface area contributed by atoms with Crippen molar-refractivity contribution in [3.63, 3.8) is 0 Å². The minimum Gasteiger partial charge on any atom is -0.341 e. The summed E-state index contributed by atoms with van der Waals surface area (Å²) in [5.74, 6) is -0.705. The van der Waals surface area contributed by atoms with E-state index in [1.807, 2.05) is 6.07 Å². The molecule has 9 nitrogen and oxygen atoms in total. The number of rotatable bonds is 4. The number of nitrogens with zero attached hydrogens (tertiary/aromatic N) is 2. The van der Waals surface area contributed by atoms with Gasteiger partial charge in [-0.1, -0.05) is 18.2 Å². The third-order valence-electron chi connectivity index (χ3n) is 3.98. The van der Waals surface area contributed by atoms with Gasteiger partial charge in [-0.15, -0.1) is 0 Å². The molecule has 2 aromatic carbocycles. The molecule has 0 aliphatic carbocycles. The summed E-state index contributed by atoms with van der Waals surface area (Å²) in [4.78, 5) is 40.4. The summed E-state index contributed by atoms with van der Waals surface area (Å²) >= 11 is 0. The number of nitrogens with one attached hydrogen (secondary N) is 4. The van der Waals surface area contributed by atoms with E-state index in [1.54, 1.807) is 55.5 Å². The second-order valence-electron chi connectivity index (χ2n) is 6.01. The first kappa shape index (κ1) is 18.9. The van der Waals surface area contributed by atoms with Gasteiger partial charge in [-0.3, -0.25) is 15.0 Å². The zero-order valence-corrected chi connectivity index (χ0v) is 15.4. The van der Waals surface area contributed by atoms with E-state index in [1.165, 1.54) is 12.1 Å². The molecule has 1 unspecified atom stereocenters. The lowest BCUT2D eigenvalue weighted by Crippen LogP contribution is -2.57. The zero-order chi connectivity index (χ0) is 20.1. The van der Waals surface area contributed by atoms with Crippen molar-refractivity contribution in [3.8, 4) is 0 Å². The molecule has 1 aliphatic heterocycles. The summed E-state index contributed by atoms with van der Waals surface area (Å²) in [7, 11) is 1.52. The lowest BCUT2D eigenvalue weighted by Gasteiger charge is -2.30. The third kappa shape index (κ3) is 4.26. The highest BCUT2D eigenvalue weighted by Crippen LogP contribution is 2.17. The van der Waals surface area contributed by atoms with Gasteiger partial charge in [-0.2, -0.15) is 0 Å². The molecule has 0 saturated carbocycles. The lowest BCUT2D eigenvalue weighted by atomic mass is 10.2. The first-order valence-electron chi connectivity index (χ1n) is 8.61. The number of hydrazine groups is 1. The predicted octanol–water partition coefficient (Wildman–Crippen LogP) is 1.71. The number of carbonyl (C=O) groups excluding carboxylic acids is 3. The third-order valence-corrected chi connectivity index (χ3v) is 3.98. The van der Waals surface area contributed by atoms with Crippen LogP contribution in [0.5, 0.6) is 0 Å². The summed E-state index contributed by atoms with van der Waals surface area (Å²) in [6, 6.07) is 14.5. The van der Waals surface area contributed by atoms with E-state index in [2.05, 4.69) is 26.4 Å². The van der Waals surface area contributed by atoms with Crippen molar-refractivity contribution in [2.75, 3.05) is 22.7 Å². The molecule has 1 atom stereocenters. The van der Waals surface area contributed by atoms with Crippen LogP contribution in [0.4, 0.5) is 21.9 Å². The SMILES string of the molecule is CNC(=O)Nc1ccc(NC(=O)C2=NC(C)C(=O)N(c3ccccc3)N2)cc1. The Kier molecular flexibility index (Phi) is 5.54. The van der Waals surface area contributed by atoms with Gasteiger partial charge in [-0.25, -0.2) is 14.8 Å². The van der Waals surface area contributed by atoms with Crippen LogP contribution in [0.2, 0.25) is 0 Å². The number of hydrogen-bond acceptors (Lipinski definition) is 5. The van der Waals surface area contributed by atoms with Crippen LogP contribution >= 0.6 is 0 Å². The summed E-state index contributed by atoms with van der Waals surface area (Å²) in [6.07, 6.45) is 0. The molecule has 0 spiro atoms. The molecule has 0 fully saturated rings. The molecule has 28 heavy (non-hydrogen) atoms. The largest absolute Gasteiger partial charge is 0.341 e. The molecule has 3 rings (SSSR count). The number of amidine groups is 1. The minimum atomic E-state index is -0.693. The average molecular weight is 380 g/mol. The molecule has 1 heterocycles. The Morgan fingerprint density at radius 3 is 2.21 bits per heavy atom. The molecule has 0 radical (unpaired) electrons. The second-order valence-corrected chi connectivity index (χ2v) is 6.01. The van der Waals surface area contributed by atoms with Crippen molar-refractivity contribution >= 4 is 40.7 Å². The Bertz CT molecular complexity index is 911. The van der Waals surface area contributed by atoms with E-state index in [0.717, 1.165) is 0 Å². The van der Waals surface area contributed by atoms with E-state index in [4.69, 9.17) is 0 Å². The minimum absolute atomic E-state index is 0.0310. The summed E-state index contributed by atoms with van der Waals surface area (Å²) in [5, 5.41) is 9.10. The van der Waals surface area contributed by atoms with Gasteiger partial charge in [0, 0.05) is 18.4 Å². The number of benzene rings is 2. The van der Waals surface area contributed by atoms with Crippen LogP contribution in [0.15, 0.2) is 59.6 Å². The topological polar surface area (TPSA) is 115 Å². The second kappa shape index (κ2) is 8.21. The molecule has 9 heteroatoms. The van der Waals surface area contributed by atoms with Crippen molar-refractivity contribution in [1.82, 2.24) is 10.7 Å². The Labute approximate surface area is 161 Å². The summed E-state index contributed by atoms with van der Waals surface area (Å²) < 4.78 is 0. The lowest BCUT2D eigenvalue weighted by molar-refractivity contribution is -0.120. The number of aliphatic imine (C=N–C) groups is 1. The number of hydrogen-bond donors (Lipinski definition) is 4. The van der Waals surface area contributed by atoms with Gasteiger partial charge in [0.25, 0.3) is 11.8 Å². The smallest absolute Gasteiger partial charge is 0.318 e. The van der Waals surface area contributed by atoms with Gasteiger partial charge in [0.05, 0.1) is 5.69 Å². The Morgan fingerprint density at radius 2 is 1.61 bits per heavy atom. The Morgan fingerprint density at radius 1 is 1.00 bits per heavy atom. The summed E-state index contributed by atoms with van der Waals surface area (Å²) in [6.45, 7) is 1.63. The zero-order valence-electron chi connectivity index (χ0n) is 15.4. The Hall–Kier alpha value is -3.88. The summed E-state index contributed by atoms with van der Waals surface area (Å²) in [5.41, 5.74) is 4.49. The van der Waals surface area contributed by atoms with Crippen LogP contribution < -0.4 is 26.4 Å². The van der Waals surface area contributed by atoms with E-state index in [-0.39, 0.29) is 17.8 Å². The average Bonchev–Trinajstić information content (AvgIpc) is 2.71. The van der Waals surface area contributed by atoms with Crippen molar-refractivity contribution in [2.24, 2.45) is 4.99 Å². The van der Waals surface area contributed by atoms with Crippen LogP contribution in [0.25, 0.3) is 0 Å². The van der Waals surface area contributed by atoms with Gasteiger partial charge in [-0.05, 0) is 43.3 Å². The van der Waals surface area contributed by atoms with Gasteiger partial charge in [0.15, 0.2) is 0 Å². The maximum Gasteiger partial charge on any atom is 0.318 e. The van der Waals surface area contributed by atoms with Crippen LogP contribution in [-0.2, 0) is 9.59 Å².